The molecule has 0 atom stereocenters. The van der Waals surface area contributed by atoms with Crippen molar-refractivity contribution in [1.29, 1.82) is 0 Å². The molecule has 170 valence electrons. The summed E-state index contributed by atoms with van der Waals surface area (Å²) in [6, 6.07) is 28.2. The fourth-order valence-electron chi connectivity index (χ4n) is 3.59. The van der Waals surface area contributed by atoms with E-state index >= 15 is 0 Å². The molecule has 0 heterocycles. The third-order valence-electron chi connectivity index (χ3n) is 5.61. The minimum Gasteiger partial charge on any atom is -0.273 e. The summed E-state index contributed by atoms with van der Waals surface area (Å²) < 4.78 is 0. The second-order valence-corrected chi connectivity index (χ2v) is 8.09. The van der Waals surface area contributed by atoms with Crippen molar-refractivity contribution in [2.45, 2.75) is 26.7 Å². The predicted molar refractivity (Wildman–Crippen MR) is 138 cm³/mol. The molecule has 0 unspecified atom stereocenters. The van der Waals surface area contributed by atoms with E-state index in [9.17, 15) is 9.59 Å². The first-order valence-corrected chi connectivity index (χ1v) is 11.1. The highest BCUT2D eigenvalue weighted by Crippen LogP contribution is 2.17. The third kappa shape index (κ3) is 5.72. The van der Waals surface area contributed by atoms with Gasteiger partial charge in [0.25, 0.3) is 0 Å². The normalized spacial score (nSPS) is 12.1. The lowest BCUT2D eigenvalue weighted by atomic mass is 10.0. The van der Waals surface area contributed by atoms with E-state index in [-0.39, 0.29) is 24.7 Å². The molecule has 0 saturated carbocycles. The number of amides is 2. The van der Waals surface area contributed by atoms with Crippen molar-refractivity contribution < 1.29 is 9.59 Å². The number of hydrogen-bond donors (Lipinski definition) is 2. The van der Waals surface area contributed by atoms with Crippen LogP contribution >= 0.6 is 0 Å². The number of carbonyl (C=O) groups excluding carboxylic acids is 2. The minimum atomic E-state index is -0.328. The Morgan fingerprint density at radius 2 is 0.971 bits per heavy atom. The minimum absolute atomic E-state index is 0.0187. The van der Waals surface area contributed by atoms with Crippen LogP contribution in [-0.2, 0) is 9.59 Å². The lowest BCUT2D eigenvalue weighted by molar-refractivity contribution is -0.126. The van der Waals surface area contributed by atoms with E-state index in [0.717, 1.165) is 32.7 Å². The number of rotatable bonds is 7. The SMILES string of the molecule is C/C(=N/NC(=O)CCC(=O)N/N=C(/C)c1ccc2ccccc2c1)c1ccc2ccccc2c1. The summed E-state index contributed by atoms with van der Waals surface area (Å²) in [5.41, 5.74) is 8.29. The average Bonchev–Trinajstić information content (AvgIpc) is 2.88. The van der Waals surface area contributed by atoms with Crippen molar-refractivity contribution in [3.8, 4) is 0 Å². The van der Waals surface area contributed by atoms with Crippen LogP contribution in [0.1, 0.15) is 37.8 Å². The smallest absolute Gasteiger partial charge is 0.240 e. The van der Waals surface area contributed by atoms with E-state index in [1.165, 1.54) is 0 Å². The molecular weight excluding hydrogens is 424 g/mol. The monoisotopic (exact) mass is 450 g/mol. The van der Waals surface area contributed by atoms with Gasteiger partial charge in [0.05, 0.1) is 11.4 Å². The molecule has 0 spiro atoms. The van der Waals surface area contributed by atoms with E-state index < -0.39 is 0 Å². The van der Waals surface area contributed by atoms with Gasteiger partial charge in [-0.05, 0) is 58.7 Å². The van der Waals surface area contributed by atoms with Crippen molar-refractivity contribution in [2.75, 3.05) is 0 Å². The van der Waals surface area contributed by atoms with Crippen molar-refractivity contribution in [1.82, 2.24) is 10.9 Å². The molecule has 34 heavy (non-hydrogen) atoms. The van der Waals surface area contributed by atoms with Crippen LogP contribution in [0.25, 0.3) is 21.5 Å². The predicted octanol–water partition coefficient (Wildman–Crippen LogP) is 5.15. The summed E-state index contributed by atoms with van der Waals surface area (Å²) in [6.07, 6.45) is 0.0375. The quantitative estimate of drug-likeness (QED) is 0.301. The molecule has 0 saturated heterocycles. The van der Waals surface area contributed by atoms with Gasteiger partial charge < -0.3 is 0 Å². The molecule has 0 aliphatic heterocycles. The number of hydrogen-bond acceptors (Lipinski definition) is 4. The molecule has 0 aromatic heterocycles. The molecule has 6 nitrogen and oxygen atoms in total. The molecule has 4 aromatic carbocycles. The number of nitrogens with zero attached hydrogens (tertiary/aromatic N) is 2. The lowest BCUT2D eigenvalue weighted by Gasteiger charge is -2.06. The standard InChI is InChI=1S/C28H26N4O2/c1-19(23-13-11-21-7-3-5-9-25(21)17-23)29-31-27(33)15-16-28(34)32-30-20(2)24-14-12-22-8-4-6-10-26(22)18-24/h3-14,17-18H,15-16H2,1-2H3,(H,31,33)(H,32,34)/b29-19-,30-20-. The van der Waals surface area contributed by atoms with E-state index in [1.54, 1.807) is 0 Å². The van der Waals surface area contributed by atoms with Gasteiger partial charge in [0.15, 0.2) is 0 Å². The van der Waals surface area contributed by atoms with Crippen molar-refractivity contribution in [3.63, 3.8) is 0 Å². The lowest BCUT2D eigenvalue weighted by Crippen LogP contribution is -2.24. The summed E-state index contributed by atoms with van der Waals surface area (Å²) in [4.78, 5) is 24.3. The Bertz CT molecular complexity index is 1310. The molecule has 0 aliphatic carbocycles. The first-order valence-electron chi connectivity index (χ1n) is 11.1. The Balaban J connectivity index is 1.27. The van der Waals surface area contributed by atoms with Crippen molar-refractivity contribution >= 4 is 44.8 Å². The van der Waals surface area contributed by atoms with Gasteiger partial charge in [-0.25, -0.2) is 10.9 Å². The van der Waals surface area contributed by atoms with Gasteiger partial charge in [-0.3, -0.25) is 9.59 Å². The highest BCUT2D eigenvalue weighted by Gasteiger charge is 2.07. The van der Waals surface area contributed by atoms with Gasteiger partial charge in [-0.2, -0.15) is 10.2 Å². The molecule has 0 fully saturated rings. The van der Waals surface area contributed by atoms with Gasteiger partial charge in [-0.15, -0.1) is 0 Å². The summed E-state index contributed by atoms with van der Waals surface area (Å²) in [6.45, 7) is 3.67. The highest BCUT2D eigenvalue weighted by molar-refractivity contribution is 6.03. The zero-order valence-electron chi connectivity index (χ0n) is 19.2. The van der Waals surface area contributed by atoms with Gasteiger partial charge in [0, 0.05) is 12.8 Å². The molecule has 6 heteroatoms. The van der Waals surface area contributed by atoms with E-state index in [1.807, 2.05) is 98.8 Å². The second-order valence-electron chi connectivity index (χ2n) is 8.09. The number of hydrazone groups is 2. The first-order chi connectivity index (χ1) is 16.5. The maximum Gasteiger partial charge on any atom is 0.240 e. The maximum absolute atomic E-state index is 12.1. The van der Waals surface area contributed by atoms with Gasteiger partial charge in [-0.1, -0.05) is 72.8 Å². The summed E-state index contributed by atoms with van der Waals surface area (Å²) in [5, 5.41) is 12.9. The second kappa shape index (κ2) is 10.5. The molecule has 2 amide bonds. The maximum atomic E-state index is 12.1. The van der Waals surface area contributed by atoms with Crippen LogP contribution in [0.3, 0.4) is 0 Å². The third-order valence-corrected chi connectivity index (χ3v) is 5.61. The fraction of sp³-hybridized carbons (Fsp3) is 0.143. The van der Waals surface area contributed by atoms with Crippen LogP contribution in [-0.4, -0.2) is 23.2 Å². The number of benzene rings is 4. The Morgan fingerprint density at radius 3 is 1.38 bits per heavy atom. The zero-order chi connectivity index (χ0) is 23.9. The number of fused-ring (bicyclic) bond motifs is 2. The van der Waals surface area contributed by atoms with Gasteiger partial charge in [0.2, 0.25) is 11.8 Å². The average molecular weight is 451 g/mol. The van der Waals surface area contributed by atoms with Crippen LogP contribution in [0.15, 0.2) is 95.1 Å². The Morgan fingerprint density at radius 1 is 0.588 bits per heavy atom. The van der Waals surface area contributed by atoms with E-state index in [0.29, 0.717) is 11.4 Å². The molecule has 4 rings (SSSR count). The highest BCUT2D eigenvalue weighted by atomic mass is 16.2. The Labute approximate surface area is 198 Å². The summed E-state index contributed by atoms with van der Waals surface area (Å²) in [5.74, 6) is -0.656. The first kappa shape index (κ1) is 22.9. The van der Waals surface area contributed by atoms with E-state index in [4.69, 9.17) is 0 Å². The van der Waals surface area contributed by atoms with Gasteiger partial charge >= 0.3 is 0 Å². The summed E-state index contributed by atoms with van der Waals surface area (Å²) in [7, 11) is 0. The van der Waals surface area contributed by atoms with Crippen LogP contribution in [0, 0.1) is 0 Å². The van der Waals surface area contributed by atoms with E-state index in [2.05, 4.69) is 21.1 Å². The van der Waals surface area contributed by atoms with Crippen LogP contribution in [0.2, 0.25) is 0 Å². The fourth-order valence-corrected chi connectivity index (χ4v) is 3.59. The largest absolute Gasteiger partial charge is 0.273 e. The van der Waals surface area contributed by atoms with Crippen molar-refractivity contribution in [3.05, 3.63) is 96.1 Å². The topological polar surface area (TPSA) is 82.9 Å². The zero-order valence-corrected chi connectivity index (χ0v) is 19.2. The summed E-state index contributed by atoms with van der Waals surface area (Å²) >= 11 is 0. The Kier molecular flexibility index (Phi) is 7.08. The Hall–Kier alpha value is -4.32. The van der Waals surface area contributed by atoms with Crippen LogP contribution in [0.4, 0.5) is 0 Å². The number of nitrogens with one attached hydrogen (secondary N) is 2. The number of carbonyl (C=O) groups is 2. The van der Waals surface area contributed by atoms with Crippen LogP contribution < -0.4 is 10.9 Å². The molecule has 0 bridgehead atoms. The molecule has 0 aliphatic rings. The van der Waals surface area contributed by atoms with Crippen LogP contribution in [0.5, 0.6) is 0 Å². The van der Waals surface area contributed by atoms with Gasteiger partial charge in [0.1, 0.15) is 0 Å². The van der Waals surface area contributed by atoms with Crippen molar-refractivity contribution in [2.24, 2.45) is 10.2 Å². The molecular formula is C28H26N4O2. The molecule has 4 aromatic rings. The molecule has 2 N–H and O–H groups in total. The molecule has 0 radical (unpaired) electrons.